The fourth-order valence-electron chi connectivity index (χ4n) is 2.72. The molecule has 1 N–H and O–H groups in total. The van der Waals surface area contributed by atoms with Crippen molar-refractivity contribution in [3.05, 3.63) is 35.8 Å². The fourth-order valence-corrected chi connectivity index (χ4v) is 2.72. The summed E-state index contributed by atoms with van der Waals surface area (Å²) in [6.45, 7) is 5.12. The second kappa shape index (κ2) is 4.17. The van der Waals surface area contributed by atoms with Crippen LogP contribution in [-0.4, -0.2) is 28.8 Å². The number of β-amino-alcohol motifs (C(OH)–C–C–N with tert-alkyl or cyclic N) is 1. The first kappa shape index (κ1) is 12.4. The third-order valence-electron chi connectivity index (χ3n) is 3.67. The molecule has 0 aliphatic carbocycles. The molecule has 3 rings (SSSR count). The van der Waals surface area contributed by atoms with Gasteiger partial charge in [-0.3, -0.25) is 4.98 Å². The number of benzene rings is 1. The summed E-state index contributed by atoms with van der Waals surface area (Å²) in [5, 5.41) is 10.9. The highest BCUT2D eigenvalue weighted by Crippen LogP contribution is 2.32. The Kier molecular flexibility index (Phi) is 2.71. The molecule has 1 aromatic heterocycles. The van der Waals surface area contributed by atoms with E-state index in [1.807, 2.05) is 19.9 Å². The minimum atomic E-state index is -0.670. The van der Waals surface area contributed by atoms with E-state index in [2.05, 4.69) is 9.88 Å². The number of hydrogen-bond acceptors (Lipinski definition) is 3. The lowest BCUT2D eigenvalue weighted by molar-refractivity contribution is 0.0839. The van der Waals surface area contributed by atoms with Crippen LogP contribution in [0.4, 0.5) is 10.1 Å². The molecule has 1 aliphatic rings. The normalized spacial score (nSPS) is 23.3. The van der Waals surface area contributed by atoms with Crippen LogP contribution in [0.15, 0.2) is 24.3 Å². The predicted molar refractivity (Wildman–Crippen MR) is 73.9 cm³/mol. The molecule has 1 atom stereocenters. The number of halogens is 1. The standard InChI is InChI=1S/C15H17FN2O/c1-10-7-14(18-6-5-15(2,19)9-18)12-8-11(16)3-4-13(12)17-10/h3-4,7-8,19H,5-6,9H2,1-2H3. The molecule has 1 fully saturated rings. The number of nitrogens with zero attached hydrogens (tertiary/aromatic N) is 2. The van der Waals surface area contributed by atoms with Crippen LogP contribution in [0.5, 0.6) is 0 Å². The molecule has 2 aromatic rings. The fraction of sp³-hybridized carbons (Fsp3) is 0.400. The van der Waals surface area contributed by atoms with Gasteiger partial charge in [0.15, 0.2) is 0 Å². The van der Waals surface area contributed by atoms with Crippen LogP contribution in [-0.2, 0) is 0 Å². The molecule has 2 heterocycles. The van der Waals surface area contributed by atoms with E-state index in [4.69, 9.17) is 0 Å². The van der Waals surface area contributed by atoms with E-state index in [1.165, 1.54) is 12.1 Å². The monoisotopic (exact) mass is 260 g/mol. The van der Waals surface area contributed by atoms with Crippen molar-refractivity contribution < 1.29 is 9.50 Å². The van der Waals surface area contributed by atoms with Crippen LogP contribution in [0.1, 0.15) is 19.0 Å². The second-order valence-corrected chi connectivity index (χ2v) is 5.61. The Morgan fingerprint density at radius 2 is 2.16 bits per heavy atom. The van der Waals surface area contributed by atoms with Crippen molar-refractivity contribution in [3.63, 3.8) is 0 Å². The smallest absolute Gasteiger partial charge is 0.124 e. The lowest BCUT2D eigenvalue weighted by Crippen LogP contribution is -2.29. The average Bonchev–Trinajstić information content (AvgIpc) is 2.69. The number of anilines is 1. The van der Waals surface area contributed by atoms with E-state index in [0.29, 0.717) is 6.54 Å². The van der Waals surface area contributed by atoms with Crippen LogP contribution in [0.25, 0.3) is 10.9 Å². The number of aromatic nitrogens is 1. The summed E-state index contributed by atoms with van der Waals surface area (Å²) in [6, 6.07) is 6.61. The maximum atomic E-state index is 13.5. The van der Waals surface area contributed by atoms with Gasteiger partial charge >= 0.3 is 0 Å². The van der Waals surface area contributed by atoms with Gasteiger partial charge in [-0.15, -0.1) is 0 Å². The Hall–Kier alpha value is -1.68. The minimum Gasteiger partial charge on any atom is -0.388 e. The second-order valence-electron chi connectivity index (χ2n) is 5.61. The number of pyridine rings is 1. The third-order valence-corrected chi connectivity index (χ3v) is 3.67. The molecule has 1 aliphatic heterocycles. The van der Waals surface area contributed by atoms with Crippen LogP contribution < -0.4 is 4.90 Å². The van der Waals surface area contributed by atoms with E-state index in [9.17, 15) is 9.50 Å². The summed E-state index contributed by atoms with van der Waals surface area (Å²) in [5.74, 6) is -0.259. The van der Waals surface area contributed by atoms with Gasteiger partial charge in [0.1, 0.15) is 5.82 Å². The van der Waals surface area contributed by atoms with Gasteiger partial charge in [-0.25, -0.2) is 4.39 Å². The number of aliphatic hydroxyl groups is 1. The number of rotatable bonds is 1. The molecule has 0 bridgehead atoms. The van der Waals surface area contributed by atoms with Crippen LogP contribution >= 0.6 is 0 Å². The first-order chi connectivity index (χ1) is 8.94. The average molecular weight is 260 g/mol. The van der Waals surface area contributed by atoms with Gasteiger partial charge in [0.2, 0.25) is 0 Å². The SMILES string of the molecule is Cc1cc(N2CCC(C)(O)C2)c2cc(F)ccc2n1. The molecule has 1 saturated heterocycles. The highest BCUT2D eigenvalue weighted by atomic mass is 19.1. The summed E-state index contributed by atoms with van der Waals surface area (Å²) in [4.78, 5) is 6.54. The topological polar surface area (TPSA) is 36.4 Å². The van der Waals surface area contributed by atoms with Crippen molar-refractivity contribution in [2.24, 2.45) is 0 Å². The largest absolute Gasteiger partial charge is 0.388 e. The van der Waals surface area contributed by atoms with Crippen LogP contribution in [0.3, 0.4) is 0 Å². The molecule has 1 aromatic carbocycles. The summed E-state index contributed by atoms with van der Waals surface area (Å²) >= 11 is 0. The predicted octanol–water partition coefficient (Wildman–Crippen LogP) is 2.64. The summed E-state index contributed by atoms with van der Waals surface area (Å²) in [6.07, 6.45) is 0.727. The number of fused-ring (bicyclic) bond motifs is 1. The quantitative estimate of drug-likeness (QED) is 0.856. The molecule has 0 saturated carbocycles. The Morgan fingerprint density at radius 1 is 1.37 bits per heavy atom. The molecular weight excluding hydrogens is 243 g/mol. The van der Waals surface area contributed by atoms with Crippen LogP contribution in [0.2, 0.25) is 0 Å². The summed E-state index contributed by atoms with van der Waals surface area (Å²) in [5.41, 5.74) is 1.99. The van der Waals surface area contributed by atoms with Crippen molar-refractivity contribution in [1.29, 1.82) is 0 Å². The highest BCUT2D eigenvalue weighted by molar-refractivity contribution is 5.92. The summed E-state index contributed by atoms with van der Waals surface area (Å²) < 4.78 is 13.5. The zero-order chi connectivity index (χ0) is 13.6. The van der Waals surface area contributed by atoms with E-state index in [-0.39, 0.29) is 5.82 Å². The van der Waals surface area contributed by atoms with Crippen molar-refractivity contribution in [2.75, 3.05) is 18.0 Å². The molecule has 0 radical (unpaired) electrons. The first-order valence-corrected chi connectivity index (χ1v) is 6.49. The Bertz CT molecular complexity index is 639. The zero-order valence-corrected chi connectivity index (χ0v) is 11.2. The van der Waals surface area contributed by atoms with Gasteiger partial charge in [0.25, 0.3) is 0 Å². The molecule has 0 spiro atoms. The molecule has 3 nitrogen and oxygen atoms in total. The van der Waals surface area contributed by atoms with Gasteiger partial charge in [0, 0.05) is 29.9 Å². The van der Waals surface area contributed by atoms with Gasteiger partial charge in [0.05, 0.1) is 11.1 Å². The van der Waals surface area contributed by atoms with Crippen molar-refractivity contribution in [1.82, 2.24) is 4.98 Å². The van der Waals surface area contributed by atoms with Crippen molar-refractivity contribution in [3.8, 4) is 0 Å². The Morgan fingerprint density at radius 3 is 2.84 bits per heavy atom. The van der Waals surface area contributed by atoms with Crippen molar-refractivity contribution >= 4 is 16.6 Å². The van der Waals surface area contributed by atoms with Gasteiger partial charge in [-0.2, -0.15) is 0 Å². The maximum absolute atomic E-state index is 13.5. The molecule has 4 heteroatoms. The third kappa shape index (κ3) is 2.28. The van der Waals surface area contributed by atoms with E-state index in [1.54, 1.807) is 6.07 Å². The van der Waals surface area contributed by atoms with Gasteiger partial charge < -0.3 is 10.0 Å². The number of hydrogen-bond donors (Lipinski definition) is 1. The van der Waals surface area contributed by atoms with E-state index in [0.717, 1.165) is 35.2 Å². The molecule has 1 unspecified atom stereocenters. The molecular formula is C15H17FN2O. The number of aryl methyl sites for hydroxylation is 1. The first-order valence-electron chi connectivity index (χ1n) is 6.49. The molecule has 100 valence electrons. The molecule has 0 amide bonds. The zero-order valence-electron chi connectivity index (χ0n) is 11.2. The molecule has 19 heavy (non-hydrogen) atoms. The Balaban J connectivity index is 2.14. The lowest BCUT2D eigenvalue weighted by atomic mass is 10.1. The highest BCUT2D eigenvalue weighted by Gasteiger charge is 2.32. The van der Waals surface area contributed by atoms with Gasteiger partial charge in [-0.1, -0.05) is 0 Å². The summed E-state index contributed by atoms with van der Waals surface area (Å²) in [7, 11) is 0. The minimum absolute atomic E-state index is 0.259. The lowest BCUT2D eigenvalue weighted by Gasteiger charge is -2.22. The maximum Gasteiger partial charge on any atom is 0.124 e. The van der Waals surface area contributed by atoms with E-state index >= 15 is 0 Å². The Labute approximate surface area is 111 Å². The van der Waals surface area contributed by atoms with Crippen molar-refractivity contribution in [2.45, 2.75) is 25.9 Å². The van der Waals surface area contributed by atoms with Crippen LogP contribution in [0, 0.1) is 12.7 Å². The van der Waals surface area contributed by atoms with E-state index < -0.39 is 5.60 Å². The van der Waals surface area contributed by atoms with Gasteiger partial charge in [-0.05, 0) is 44.5 Å².